The van der Waals surface area contributed by atoms with E-state index in [1.54, 1.807) is 0 Å². The van der Waals surface area contributed by atoms with Gasteiger partial charge in [-0.3, -0.25) is 9.69 Å². The van der Waals surface area contributed by atoms with Crippen molar-refractivity contribution < 1.29 is 18.7 Å². The fourth-order valence-corrected chi connectivity index (χ4v) is 3.12. The Kier molecular flexibility index (Phi) is 5.37. The van der Waals surface area contributed by atoms with Gasteiger partial charge in [0, 0.05) is 25.1 Å². The minimum atomic E-state index is -0.526. The number of ether oxygens (including phenoxy) is 1. The molecular weight excluding hydrogens is 337 g/mol. The van der Waals surface area contributed by atoms with Gasteiger partial charge in [0.25, 0.3) is 0 Å². The van der Waals surface area contributed by atoms with Crippen molar-refractivity contribution in [3.8, 4) is 0 Å². The molecule has 2 aliphatic rings. The Labute approximate surface area is 151 Å². The van der Waals surface area contributed by atoms with Crippen molar-refractivity contribution in [2.75, 3.05) is 13.1 Å². The lowest BCUT2D eigenvalue weighted by Gasteiger charge is -2.23. The summed E-state index contributed by atoms with van der Waals surface area (Å²) in [6.07, 6.45) is 2.71. The first kappa shape index (κ1) is 18.1. The number of halogens is 1. The maximum Gasteiger partial charge on any atom is 0.414 e. The molecule has 1 saturated heterocycles. The van der Waals surface area contributed by atoms with Crippen LogP contribution in [0.1, 0.15) is 30.4 Å². The third kappa shape index (κ3) is 3.94. The minimum Gasteiger partial charge on any atom is -0.442 e. The zero-order chi connectivity index (χ0) is 18.7. The van der Waals surface area contributed by atoms with Gasteiger partial charge in [-0.05, 0) is 23.6 Å². The molecular formula is C19H22FN3O3. The van der Waals surface area contributed by atoms with E-state index in [9.17, 15) is 14.0 Å². The maximum absolute atomic E-state index is 14.7. The Balaban J connectivity index is 1.67. The number of nitrogens with one attached hydrogen (secondary N) is 1. The number of cyclic esters (lactones) is 1. The van der Waals surface area contributed by atoms with Gasteiger partial charge in [0.2, 0.25) is 5.91 Å². The van der Waals surface area contributed by atoms with E-state index in [1.165, 1.54) is 17.9 Å². The Morgan fingerprint density at radius 3 is 2.73 bits per heavy atom. The highest BCUT2D eigenvalue weighted by Gasteiger charge is 2.34. The van der Waals surface area contributed by atoms with Crippen molar-refractivity contribution in [2.24, 2.45) is 5.73 Å². The fourth-order valence-electron chi connectivity index (χ4n) is 3.12. The van der Waals surface area contributed by atoms with Gasteiger partial charge < -0.3 is 15.8 Å². The van der Waals surface area contributed by atoms with Crippen molar-refractivity contribution in [2.45, 2.75) is 31.9 Å². The van der Waals surface area contributed by atoms with Gasteiger partial charge in [-0.25, -0.2) is 9.18 Å². The first-order valence-corrected chi connectivity index (χ1v) is 8.56. The summed E-state index contributed by atoms with van der Waals surface area (Å²) in [4.78, 5) is 24.4. The Morgan fingerprint density at radius 2 is 2.12 bits per heavy atom. The van der Waals surface area contributed by atoms with Crippen molar-refractivity contribution in [1.29, 1.82) is 0 Å². The maximum atomic E-state index is 14.7. The molecule has 1 heterocycles. The highest BCUT2D eigenvalue weighted by atomic mass is 19.1. The van der Waals surface area contributed by atoms with E-state index in [1.807, 2.05) is 30.3 Å². The second-order valence-electron chi connectivity index (χ2n) is 6.45. The van der Waals surface area contributed by atoms with E-state index in [4.69, 9.17) is 10.5 Å². The molecule has 0 bridgehead atoms. The molecule has 1 aliphatic carbocycles. The molecule has 138 valence electrons. The molecule has 1 aliphatic heterocycles. The molecule has 2 unspecified atom stereocenters. The van der Waals surface area contributed by atoms with Gasteiger partial charge in [-0.15, -0.1) is 0 Å². The third-order valence-corrected chi connectivity index (χ3v) is 4.56. The number of hydrogen-bond donors (Lipinski definition) is 2. The SMILES string of the molecule is CC(=O)NCC1CN(C2=CCC(c3ccc(CN)cc3)C(F)=C2)C(=O)O1. The highest BCUT2D eigenvalue weighted by molar-refractivity contribution is 5.74. The minimum absolute atomic E-state index is 0.189. The van der Waals surface area contributed by atoms with Crippen LogP contribution in [0.25, 0.3) is 0 Å². The van der Waals surface area contributed by atoms with Crippen LogP contribution in [0.15, 0.2) is 47.9 Å². The zero-order valence-electron chi connectivity index (χ0n) is 14.6. The van der Waals surface area contributed by atoms with Crippen LogP contribution in [0.2, 0.25) is 0 Å². The summed E-state index contributed by atoms with van der Waals surface area (Å²) in [6.45, 7) is 2.37. The van der Waals surface area contributed by atoms with Crippen molar-refractivity contribution >= 4 is 12.0 Å². The number of rotatable bonds is 5. The predicted molar refractivity (Wildman–Crippen MR) is 94.6 cm³/mol. The van der Waals surface area contributed by atoms with Crippen LogP contribution in [-0.4, -0.2) is 36.1 Å². The van der Waals surface area contributed by atoms with Crippen molar-refractivity contribution in [3.63, 3.8) is 0 Å². The largest absolute Gasteiger partial charge is 0.442 e. The standard InChI is InChI=1S/C19H22FN3O3/c1-12(24)22-10-16-11-23(19(25)26-16)15-6-7-17(18(20)8-15)14-4-2-13(9-21)3-5-14/h2-6,8,16-17H,7,9-11,21H2,1H3,(H,22,24). The van der Waals surface area contributed by atoms with Crippen LogP contribution in [-0.2, 0) is 16.1 Å². The van der Waals surface area contributed by atoms with Crippen LogP contribution in [0.5, 0.6) is 0 Å². The quantitative estimate of drug-likeness (QED) is 0.845. The molecule has 1 aromatic carbocycles. The van der Waals surface area contributed by atoms with Crippen molar-refractivity contribution in [3.05, 3.63) is 59.1 Å². The number of nitrogens with zero attached hydrogens (tertiary/aromatic N) is 1. The average Bonchev–Trinajstić information content (AvgIpc) is 3.01. The Hall–Kier alpha value is -2.67. The topological polar surface area (TPSA) is 84.7 Å². The molecule has 7 heteroatoms. The molecule has 1 aromatic rings. The van der Waals surface area contributed by atoms with Crippen LogP contribution >= 0.6 is 0 Å². The van der Waals surface area contributed by atoms with Crippen LogP contribution < -0.4 is 11.1 Å². The smallest absolute Gasteiger partial charge is 0.414 e. The monoisotopic (exact) mass is 359 g/mol. The summed E-state index contributed by atoms with van der Waals surface area (Å²) >= 11 is 0. The number of allylic oxidation sites excluding steroid dienone is 3. The molecule has 26 heavy (non-hydrogen) atoms. The first-order chi connectivity index (χ1) is 12.5. The Bertz CT molecular complexity index is 758. The van der Waals surface area contributed by atoms with Gasteiger partial charge in [0.15, 0.2) is 0 Å². The number of nitrogens with two attached hydrogens (primary N) is 1. The lowest BCUT2D eigenvalue weighted by Crippen LogP contribution is -2.33. The molecule has 2 amide bonds. The normalized spacial score (nSPS) is 22.6. The van der Waals surface area contributed by atoms with Gasteiger partial charge in [-0.1, -0.05) is 30.3 Å². The second kappa shape index (κ2) is 7.70. The summed E-state index contributed by atoms with van der Waals surface area (Å²) < 4.78 is 19.9. The molecule has 0 radical (unpaired) electrons. The lowest BCUT2D eigenvalue weighted by molar-refractivity contribution is -0.119. The van der Waals surface area contributed by atoms with Gasteiger partial charge in [-0.2, -0.15) is 0 Å². The number of carbonyl (C=O) groups excluding carboxylic acids is 2. The Morgan fingerprint density at radius 1 is 1.38 bits per heavy atom. The number of hydrogen-bond acceptors (Lipinski definition) is 4. The van der Waals surface area contributed by atoms with E-state index >= 15 is 0 Å². The van der Waals surface area contributed by atoms with E-state index in [0.29, 0.717) is 18.7 Å². The van der Waals surface area contributed by atoms with E-state index < -0.39 is 12.2 Å². The number of carbonyl (C=O) groups is 2. The van der Waals surface area contributed by atoms with Crippen molar-refractivity contribution in [1.82, 2.24) is 10.2 Å². The number of amides is 2. The number of benzene rings is 1. The van der Waals surface area contributed by atoms with E-state index in [2.05, 4.69) is 5.32 Å². The summed E-state index contributed by atoms with van der Waals surface area (Å²) in [7, 11) is 0. The molecule has 6 nitrogen and oxygen atoms in total. The lowest BCUT2D eigenvalue weighted by atomic mass is 9.90. The molecule has 3 rings (SSSR count). The molecule has 0 spiro atoms. The summed E-state index contributed by atoms with van der Waals surface area (Å²) in [6, 6.07) is 7.55. The second-order valence-corrected chi connectivity index (χ2v) is 6.45. The average molecular weight is 359 g/mol. The summed E-state index contributed by atoms with van der Waals surface area (Å²) in [5.41, 5.74) is 7.95. The molecule has 3 N–H and O–H groups in total. The molecule has 0 aromatic heterocycles. The third-order valence-electron chi connectivity index (χ3n) is 4.56. The summed E-state index contributed by atoms with van der Waals surface area (Å²) in [5.74, 6) is -0.841. The van der Waals surface area contributed by atoms with Gasteiger partial charge in [0.1, 0.15) is 11.9 Å². The molecule has 0 saturated carbocycles. The van der Waals surface area contributed by atoms with E-state index in [0.717, 1.165) is 11.1 Å². The zero-order valence-corrected chi connectivity index (χ0v) is 14.6. The first-order valence-electron chi connectivity index (χ1n) is 8.56. The molecule has 1 fully saturated rings. The predicted octanol–water partition coefficient (Wildman–Crippen LogP) is 2.33. The van der Waals surface area contributed by atoms with Crippen LogP contribution in [0.4, 0.5) is 9.18 Å². The van der Waals surface area contributed by atoms with Gasteiger partial charge >= 0.3 is 6.09 Å². The van der Waals surface area contributed by atoms with Crippen LogP contribution in [0, 0.1) is 0 Å². The van der Waals surface area contributed by atoms with Crippen LogP contribution in [0.3, 0.4) is 0 Å². The van der Waals surface area contributed by atoms with E-state index in [-0.39, 0.29) is 30.7 Å². The summed E-state index contributed by atoms with van der Waals surface area (Å²) in [5, 5.41) is 2.62. The molecule has 2 atom stereocenters. The highest BCUT2D eigenvalue weighted by Crippen LogP contribution is 2.35. The fraction of sp³-hybridized carbons (Fsp3) is 0.368. The van der Waals surface area contributed by atoms with Gasteiger partial charge in [0.05, 0.1) is 13.1 Å².